The van der Waals surface area contributed by atoms with Crippen molar-refractivity contribution in [3.8, 4) is 28.6 Å². The van der Waals surface area contributed by atoms with Crippen LogP contribution in [0.25, 0.3) is 16.8 Å². The SMILES string of the molecule is CC1Oc2cc(cnc2N)-c2c(nn(C(C)C)c2C#N)Cc2ccnn2-c2ccc(F)cc21. The monoisotopic (exact) mass is 443 g/mol. The van der Waals surface area contributed by atoms with Crippen LogP contribution < -0.4 is 10.5 Å². The van der Waals surface area contributed by atoms with Crippen LogP contribution in [0.2, 0.25) is 0 Å². The molecule has 9 heteroatoms. The Morgan fingerprint density at radius 1 is 1.27 bits per heavy atom. The van der Waals surface area contributed by atoms with Crippen molar-refractivity contribution in [3.63, 3.8) is 0 Å². The van der Waals surface area contributed by atoms with E-state index in [0.29, 0.717) is 45.9 Å². The van der Waals surface area contributed by atoms with Crippen molar-refractivity contribution >= 4 is 5.82 Å². The van der Waals surface area contributed by atoms with E-state index in [4.69, 9.17) is 15.6 Å². The second-order valence-corrected chi connectivity index (χ2v) is 8.30. The zero-order valence-electron chi connectivity index (χ0n) is 18.5. The van der Waals surface area contributed by atoms with E-state index in [0.717, 1.165) is 5.69 Å². The van der Waals surface area contributed by atoms with Gasteiger partial charge in [0.05, 0.1) is 17.1 Å². The van der Waals surface area contributed by atoms with E-state index >= 15 is 0 Å². The molecule has 33 heavy (non-hydrogen) atoms. The maximum Gasteiger partial charge on any atom is 0.166 e. The molecular formula is C24H22FN7O. The molecule has 4 aromatic rings. The lowest BCUT2D eigenvalue weighted by Crippen LogP contribution is -2.13. The highest BCUT2D eigenvalue weighted by atomic mass is 19.1. The van der Waals surface area contributed by atoms with Crippen molar-refractivity contribution in [2.75, 3.05) is 5.73 Å². The van der Waals surface area contributed by atoms with E-state index in [-0.39, 0.29) is 17.7 Å². The molecule has 0 aliphatic carbocycles. The number of fused-ring (bicyclic) bond motifs is 7. The predicted octanol–water partition coefficient (Wildman–Crippen LogP) is 4.35. The van der Waals surface area contributed by atoms with Gasteiger partial charge in [-0.15, -0.1) is 0 Å². The topological polar surface area (TPSA) is 108 Å². The van der Waals surface area contributed by atoms with Gasteiger partial charge in [0.2, 0.25) is 0 Å². The van der Waals surface area contributed by atoms with Crippen molar-refractivity contribution in [1.82, 2.24) is 24.5 Å². The average molecular weight is 443 g/mol. The third-order valence-corrected chi connectivity index (χ3v) is 5.78. The van der Waals surface area contributed by atoms with Crippen LogP contribution in [0.4, 0.5) is 10.2 Å². The van der Waals surface area contributed by atoms with E-state index in [1.165, 1.54) is 12.1 Å². The number of rotatable bonds is 1. The third kappa shape index (κ3) is 3.40. The van der Waals surface area contributed by atoms with Crippen LogP contribution in [0.5, 0.6) is 5.75 Å². The number of anilines is 1. The van der Waals surface area contributed by atoms with Crippen molar-refractivity contribution in [2.45, 2.75) is 39.3 Å². The number of hydrogen-bond donors (Lipinski definition) is 1. The van der Waals surface area contributed by atoms with Gasteiger partial charge in [0.25, 0.3) is 0 Å². The molecule has 0 radical (unpaired) electrons. The van der Waals surface area contributed by atoms with E-state index in [1.54, 1.807) is 33.9 Å². The van der Waals surface area contributed by atoms with Crippen molar-refractivity contribution < 1.29 is 9.13 Å². The largest absolute Gasteiger partial charge is 0.482 e. The molecule has 1 atom stereocenters. The van der Waals surface area contributed by atoms with E-state index in [1.807, 2.05) is 26.8 Å². The summed E-state index contributed by atoms with van der Waals surface area (Å²) in [5.74, 6) is 0.182. The van der Waals surface area contributed by atoms with Crippen LogP contribution in [0, 0.1) is 17.1 Å². The Kier molecular flexibility index (Phi) is 4.86. The summed E-state index contributed by atoms with van der Waals surface area (Å²) in [5.41, 5.74) is 10.8. The Bertz CT molecular complexity index is 1410. The zero-order chi connectivity index (χ0) is 23.3. The van der Waals surface area contributed by atoms with Gasteiger partial charge in [-0.1, -0.05) is 0 Å². The lowest BCUT2D eigenvalue weighted by Gasteiger charge is -2.21. The molecular weight excluding hydrogens is 421 g/mol. The number of aromatic nitrogens is 5. The number of ether oxygens (including phenoxy) is 1. The fraction of sp³-hybridized carbons (Fsp3) is 0.250. The smallest absolute Gasteiger partial charge is 0.166 e. The molecule has 2 bridgehead atoms. The van der Waals surface area contributed by atoms with Gasteiger partial charge in [0, 0.05) is 41.5 Å². The molecule has 0 saturated heterocycles. The number of nitrogen functional groups attached to an aromatic ring is 1. The van der Waals surface area contributed by atoms with Gasteiger partial charge >= 0.3 is 0 Å². The quantitative estimate of drug-likeness (QED) is 0.469. The zero-order valence-corrected chi connectivity index (χ0v) is 18.5. The molecule has 3 aromatic heterocycles. The highest BCUT2D eigenvalue weighted by Crippen LogP contribution is 2.37. The Morgan fingerprint density at radius 2 is 2.09 bits per heavy atom. The number of nitriles is 1. The first kappa shape index (κ1) is 20.7. The first-order chi connectivity index (χ1) is 15.9. The van der Waals surface area contributed by atoms with Gasteiger partial charge in [-0.2, -0.15) is 15.5 Å². The molecule has 1 unspecified atom stereocenters. The van der Waals surface area contributed by atoms with Crippen LogP contribution in [-0.4, -0.2) is 24.5 Å². The van der Waals surface area contributed by atoms with Crippen LogP contribution in [0.1, 0.15) is 55.6 Å². The van der Waals surface area contributed by atoms with Crippen LogP contribution in [-0.2, 0) is 6.42 Å². The first-order valence-electron chi connectivity index (χ1n) is 10.6. The van der Waals surface area contributed by atoms with Gasteiger partial charge in [0.1, 0.15) is 23.7 Å². The van der Waals surface area contributed by atoms with Gasteiger partial charge in [-0.05, 0) is 51.1 Å². The second-order valence-electron chi connectivity index (χ2n) is 8.30. The van der Waals surface area contributed by atoms with Gasteiger partial charge in [-0.3, -0.25) is 4.68 Å². The van der Waals surface area contributed by atoms with Crippen molar-refractivity contribution in [2.24, 2.45) is 0 Å². The number of pyridine rings is 1. The molecule has 4 heterocycles. The summed E-state index contributed by atoms with van der Waals surface area (Å²) in [5, 5.41) is 19.3. The maximum atomic E-state index is 14.2. The molecule has 2 N–H and O–H groups in total. The predicted molar refractivity (Wildman–Crippen MR) is 120 cm³/mol. The minimum Gasteiger partial charge on any atom is -0.482 e. The second kappa shape index (κ2) is 7.74. The summed E-state index contributed by atoms with van der Waals surface area (Å²) < 4.78 is 23.9. The molecule has 1 aromatic carbocycles. The fourth-order valence-corrected chi connectivity index (χ4v) is 4.23. The highest BCUT2D eigenvalue weighted by Gasteiger charge is 2.26. The number of hydrogen-bond acceptors (Lipinski definition) is 6. The minimum absolute atomic E-state index is 0.0195. The molecule has 0 fully saturated rings. The average Bonchev–Trinajstić information content (AvgIpc) is 3.39. The summed E-state index contributed by atoms with van der Waals surface area (Å²) in [7, 11) is 0. The number of halogens is 1. The molecule has 166 valence electrons. The van der Waals surface area contributed by atoms with Gasteiger partial charge < -0.3 is 10.5 Å². The molecule has 0 saturated carbocycles. The van der Waals surface area contributed by atoms with E-state index in [2.05, 4.69) is 16.2 Å². The molecule has 1 aliphatic rings. The summed E-state index contributed by atoms with van der Waals surface area (Å²) in [6.45, 7) is 5.77. The molecule has 0 amide bonds. The summed E-state index contributed by atoms with van der Waals surface area (Å²) >= 11 is 0. The first-order valence-corrected chi connectivity index (χ1v) is 10.6. The Morgan fingerprint density at radius 3 is 2.85 bits per heavy atom. The van der Waals surface area contributed by atoms with E-state index in [9.17, 15) is 9.65 Å². The minimum atomic E-state index is -0.542. The third-order valence-electron chi connectivity index (χ3n) is 5.78. The Hall–Kier alpha value is -4.19. The van der Waals surface area contributed by atoms with Crippen molar-refractivity contribution in [3.05, 3.63) is 71.2 Å². The summed E-state index contributed by atoms with van der Waals surface area (Å²) in [6.07, 6.45) is 3.18. The Balaban J connectivity index is 1.83. The standard InChI is InChI=1S/C24H22FN7O/c1-13(2)31-21(11-26)23-15-8-22(24(27)28-12-15)33-14(3)18-9-16(25)4-5-20(18)32-17(6-7-29-32)10-19(23)30-31/h4-9,12-14H,10H2,1-3H3,(H2,27,28). The summed E-state index contributed by atoms with van der Waals surface area (Å²) in [4.78, 5) is 4.31. The molecule has 0 spiro atoms. The lowest BCUT2D eigenvalue weighted by atomic mass is 10.0. The Labute approximate surface area is 190 Å². The lowest BCUT2D eigenvalue weighted by molar-refractivity contribution is 0.226. The van der Waals surface area contributed by atoms with E-state index < -0.39 is 6.10 Å². The number of nitrogens with zero attached hydrogens (tertiary/aromatic N) is 6. The molecule has 1 aliphatic heterocycles. The summed E-state index contributed by atoms with van der Waals surface area (Å²) in [6, 6.07) is 10.5. The molecule has 8 nitrogen and oxygen atoms in total. The van der Waals surface area contributed by atoms with Gasteiger partial charge in [-0.25, -0.2) is 14.1 Å². The van der Waals surface area contributed by atoms with Crippen LogP contribution in [0.3, 0.4) is 0 Å². The van der Waals surface area contributed by atoms with Crippen LogP contribution >= 0.6 is 0 Å². The molecule has 5 rings (SSSR count). The highest BCUT2D eigenvalue weighted by molar-refractivity contribution is 5.74. The van der Waals surface area contributed by atoms with Gasteiger partial charge in [0.15, 0.2) is 11.6 Å². The normalized spacial score (nSPS) is 14.8. The fourth-order valence-electron chi connectivity index (χ4n) is 4.23. The number of benzene rings is 1. The maximum absolute atomic E-state index is 14.2. The van der Waals surface area contributed by atoms with Crippen LogP contribution in [0.15, 0.2) is 42.7 Å². The number of nitrogens with two attached hydrogens (primary N) is 1. The van der Waals surface area contributed by atoms with Crippen molar-refractivity contribution in [1.29, 1.82) is 5.26 Å².